The number of sulfonamides is 1. The standard InChI is InChI=1S/C21H21ClN2O6S/c1-13-12-31(28,29)24(20(13)26)15-8-9-17(22)16(11-15)19(25)23-18(21(27)30-2)10-14-6-4-3-5-7-14/h3-9,11,13,18H,10,12H2,1-2H3,(H,23,25)/t13?,18-/m0/s1. The van der Waals surface area contributed by atoms with Crippen LogP contribution >= 0.6 is 11.6 Å². The van der Waals surface area contributed by atoms with Crippen LogP contribution in [-0.4, -0.2) is 45.1 Å². The summed E-state index contributed by atoms with van der Waals surface area (Å²) in [7, 11) is -2.63. The first kappa shape index (κ1) is 22.8. The molecule has 0 bridgehead atoms. The minimum Gasteiger partial charge on any atom is -0.467 e. The molecule has 10 heteroatoms. The molecular formula is C21H21ClN2O6S. The number of ether oxygens (including phenoxy) is 1. The molecule has 2 aromatic carbocycles. The molecule has 0 aromatic heterocycles. The number of methoxy groups -OCH3 is 1. The van der Waals surface area contributed by atoms with Gasteiger partial charge in [0.15, 0.2) is 0 Å². The lowest BCUT2D eigenvalue weighted by Gasteiger charge is -2.19. The zero-order valence-electron chi connectivity index (χ0n) is 16.9. The van der Waals surface area contributed by atoms with Crippen molar-refractivity contribution >= 4 is 45.1 Å². The second-order valence-corrected chi connectivity index (χ2v) is 9.45. The van der Waals surface area contributed by atoms with Gasteiger partial charge in [-0.3, -0.25) is 9.59 Å². The van der Waals surface area contributed by atoms with Crippen molar-refractivity contribution in [1.82, 2.24) is 5.32 Å². The minimum absolute atomic E-state index is 0.0153. The molecule has 3 rings (SSSR count). The van der Waals surface area contributed by atoms with Gasteiger partial charge in [-0.1, -0.05) is 48.9 Å². The van der Waals surface area contributed by atoms with Crippen molar-refractivity contribution in [2.75, 3.05) is 17.2 Å². The van der Waals surface area contributed by atoms with Crippen LogP contribution in [0.5, 0.6) is 0 Å². The van der Waals surface area contributed by atoms with Crippen molar-refractivity contribution in [2.24, 2.45) is 5.92 Å². The van der Waals surface area contributed by atoms with E-state index in [4.69, 9.17) is 16.3 Å². The Morgan fingerprint density at radius 3 is 2.48 bits per heavy atom. The Bertz CT molecular complexity index is 1120. The first-order valence-corrected chi connectivity index (χ1v) is 11.4. The molecule has 1 heterocycles. The number of amides is 2. The van der Waals surface area contributed by atoms with Crippen molar-refractivity contribution in [2.45, 2.75) is 19.4 Å². The van der Waals surface area contributed by atoms with Crippen molar-refractivity contribution in [1.29, 1.82) is 0 Å². The summed E-state index contributed by atoms with van der Waals surface area (Å²) in [4.78, 5) is 37.5. The number of hydrogen-bond donors (Lipinski definition) is 1. The third-order valence-electron chi connectivity index (χ3n) is 4.86. The van der Waals surface area contributed by atoms with Crippen molar-refractivity contribution in [3.8, 4) is 0 Å². The molecule has 0 spiro atoms. The lowest BCUT2D eigenvalue weighted by Crippen LogP contribution is -2.43. The van der Waals surface area contributed by atoms with E-state index in [0.29, 0.717) is 4.31 Å². The molecule has 164 valence electrons. The normalized spacial score (nSPS) is 18.5. The average molecular weight is 465 g/mol. The van der Waals surface area contributed by atoms with E-state index in [9.17, 15) is 22.8 Å². The number of carbonyl (C=O) groups excluding carboxylic acids is 3. The molecule has 1 aliphatic heterocycles. The fourth-order valence-corrected chi connectivity index (χ4v) is 5.34. The van der Waals surface area contributed by atoms with Crippen LogP contribution in [0.15, 0.2) is 48.5 Å². The molecule has 1 unspecified atom stereocenters. The molecule has 1 aliphatic rings. The van der Waals surface area contributed by atoms with E-state index in [1.807, 2.05) is 6.07 Å². The number of halogens is 1. The molecule has 0 aliphatic carbocycles. The van der Waals surface area contributed by atoms with Gasteiger partial charge in [0.2, 0.25) is 15.9 Å². The van der Waals surface area contributed by atoms with E-state index < -0.39 is 39.8 Å². The molecular weight excluding hydrogens is 444 g/mol. The van der Waals surface area contributed by atoms with Crippen molar-refractivity contribution < 1.29 is 27.5 Å². The zero-order chi connectivity index (χ0) is 22.8. The van der Waals surface area contributed by atoms with Gasteiger partial charge < -0.3 is 10.1 Å². The van der Waals surface area contributed by atoms with Crippen LogP contribution in [0.1, 0.15) is 22.8 Å². The highest BCUT2D eigenvalue weighted by Gasteiger charge is 2.42. The second-order valence-electron chi connectivity index (χ2n) is 7.19. The van der Waals surface area contributed by atoms with Gasteiger partial charge in [-0.2, -0.15) is 0 Å². The highest BCUT2D eigenvalue weighted by atomic mass is 35.5. The Balaban J connectivity index is 1.89. The van der Waals surface area contributed by atoms with E-state index in [0.717, 1.165) is 5.56 Å². The van der Waals surface area contributed by atoms with Crippen molar-refractivity contribution in [3.05, 3.63) is 64.7 Å². The van der Waals surface area contributed by atoms with Gasteiger partial charge in [0.25, 0.3) is 5.91 Å². The monoisotopic (exact) mass is 464 g/mol. The maximum Gasteiger partial charge on any atom is 0.328 e. The number of anilines is 1. The van der Waals surface area contributed by atoms with Gasteiger partial charge in [0.1, 0.15) is 6.04 Å². The molecule has 1 fully saturated rings. The van der Waals surface area contributed by atoms with Crippen molar-refractivity contribution in [3.63, 3.8) is 0 Å². The maximum absolute atomic E-state index is 12.9. The first-order valence-electron chi connectivity index (χ1n) is 9.43. The van der Waals surface area contributed by atoms with Crippen LogP contribution in [0.3, 0.4) is 0 Å². The Hall–Kier alpha value is -2.91. The summed E-state index contributed by atoms with van der Waals surface area (Å²) in [5, 5.41) is 2.62. The predicted octanol–water partition coefficient (Wildman–Crippen LogP) is 2.17. The summed E-state index contributed by atoms with van der Waals surface area (Å²) in [6, 6.07) is 12.0. The summed E-state index contributed by atoms with van der Waals surface area (Å²) in [5.41, 5.74) is 0.756. The highest BCUT2D eigenvalue weighted by Crippen LogP contribution is 2.31. The first-order chi connectivity index (χ1) is 14.6. The molecule has 2 atom stereocenters. The molecule has 31 heavy (non-hydrogen) atoms. The van der Waals surface area contributed by atoms with E-state index in [1.54, 1.807) is 24.3 Å². The summed E-state index contributed by atoms with van der Waals surface area (Å²) in [5.74, 6) is -2.92. The van der Waals surface area contributed by atoms with Gasteiger partial charge in [-0.15, -0.1) is 0 Å². The topological polar surface area (TPSA) is 110 Å². The third kappa shape index (κ3) is 4.88. The van der Waals surface area contributed by atoms with Crippen LogP contribution in [-0.2, 0) is 30.8 Å². The Morgan fingerprint density at radius 1 is 1.23 bits per heavy atom. The number of nitrogens with one attached hydrogen (secondary N) is 1. The van der Waals surface area contributed by atoms with Gasteiger partial charge in [-0.25, -0.2) is 17.5 Å². The van der Waals surface area contributed by atoms with E-state index in [-0.39, 0.29) is 28.4 Å². The fraction of sp³-hybridized carbons (Fsp3) is 0.286. The van der Waals surface area contributed by atoms with E-state index >= 15 is 0 Å². The third-order valence-corrected chi connectivity index (χ3v) is 7.06. The molecule has 1 saturated heterocycles. The number of hydrogen-bond acceptors (Lipinski definition) is 6. The number of nitrogens with zero attached hydrogens (tertiary/aromatic N) is 1. The van der Waals surface area contributed by atoms with Gasteiger partial charge in [0, 0.05) is 6.42 Å². The van der Waals surface area contributed by atoms with Gasteiger partial charge in [-0.05, 0) is 23.8 Å². The lowest BCUT2D eigenvalue weighted by atomic mass is 10.1. The van der Waals surface area contributed by atoms with E-state index in [2.05, 4.69) is 5.32 Å². The lowest BCUT2D eigenvalue weighted by molar-refractivity contribution is -0.142. The molecule has 1 N–H and O–H groups in total. The maximum atomic E-state index is 12.9. The summed E-state index contributed by atoms with van der Waals surface area (Å²) < 4.78 is 30.2. The molecule has 0 radical (unpaired) electrons. The molecule has 8 nitrogen and oxygen atoms in total. The highest BCUT2D eigenvalue weighted by molar-refractivity contribution is 7.94. The predicted molar refractivity (Wildman–Crippen MR) is 115 cm³/mol. The average Bonchev–Trinajstić information content (AvgIpc) is 2.94. The molecule has 2 amide bonds. The van der Waals surface area contributed by atoms with Crippen LogP contribution in [0.2, 0.25) is 5.02 Å². The SMILES string of the molecule is COC(=O)[C@H](Cc1ccccc1)NC(=O)c1cc(N2C(=O)C(C)CS2(=O)=O)ccc1Cl. The van der Waals surface area contributed by atoms with Gasteiger partial charge in [0.05, 0.1) is 35.1 Å². The largest absolute Gasteiger partial charge is 0.467 e. The summed E-state index contributed by atoms with van der Waals surface area (Å²) >= 11 is 6.16. The van der Waals surface area contributed by atoms with E-state index in [1.165, 1.54) is 32.2 Å². The fourth-order valence-electron chi connectivity index (χ4n) is 3.32. The number of rotatable bonds is 6. The van der Waals surface area contributed by atoms with Gasteiger partial charge >= 0.3 is 5.97 Å². The quantitative estimate of drug-likeness (QED) is 0.656. The smallest absolute Gasteiger partial charge is 0.328 e. The Kier molecular flexibility index (Phi) is 6.66. The van der Waals surface area contributed by atoms with Crippen LogP contribution in [0.4, 0.5) is 5.69 Å². The Labute approximate surface area is 185 Å². The molecule has 0 saturated carbocycles. The number of benzene rings is 2. The summed E-state index contributed by atoms with van der Waals surface area (Å²) in [6.07, 6.45) is 0.188. The Morgan fingerprint density at radius 2 is 1.90 bits per heavy atom. The van der Waals surface area contributed by atoms with Crippen LogP contribution in [0.25, 0.3) is 0 Å². The second kappa shape index (κ2) is 9.07. The van der Waals surface area contributed by atoms with Crippen LogP contribution in [0, 0.1) is 5.92 Å². The van der Waals surface area contributed by atoms with Crippen LogP contribution < -0.4 is 9.62 Å². The number of carbonyl (C=O) groups is 3. The number of esters is 1. The minimum atomic E-state index is -3.84. The molecule has 2 aromatic rings. The summed E-state index contributed by atoms with van der Waals surface area (Å²) in [6.45, 7) is 1.52. The zero-order valence-corrected chi connectivity index (χ0v) is 18.4.